The fraction of sp³-hybridized carbons (Fsp3) is 0.211. The predicted molar refractivity (Wildman–Crippen MR) is 91.0 cm³/mol. The van der Waals surface area contributed by atoms with Crippen molar-refractivity contribution in [1.82, 2.24) is 4.57 Å². The first-order valence-corrected chi connectivity index (χ1v) is 7.77. The van der Waals surface area contributed by atoms with Crippen molar-refractivity contribution in [2.75, 3.05) is 18.6 Å². The number of ether oxygens (including phenoxy) is 1. The molecule has 2 heterocycles. The summed E-state index contributed by atoms with van der Waals surface area (Å²) in [7, 11) is 1.66. The monoisotopic (exact) mass is 306 g/mol. The van der Waals surface area contributed by atoms with Gasteiger partial charge in [0.25, 0.3) is 0 Å². The number of amides is 1. The zero-order valence-electron chi connectivity index (χ0n) is 13.0. The molecule has 0 saturated carbocycles. The van der Waals surface area contributed by atoms with Gasteiger partial charge in [-0.05, 0) is 42.3 Å². The number of nitrogens with zero attached hydrogens (tertiary/aromatic N) is 2. The summed E-state index contributed by atoms with van der Waals surface area (Å²) in [5.41, 5.74) is 3.35. The van der Waals surface area contributed by atoms with E-state index in [-0.39, 0.29) is 5.91 Å². The molecule has 0 saturated heterocycles. The van der Waals surface area contributed by atoms with Crippen molar-refractivity contribution in [2.24, 2.45) is 0 Å². The summed E-state index contributed by atoms with van der Waals surface area (Å²) in [5, 5.41) is 1.08. The van der Waals surface area contributed by atoms with E-state index in [0.717, 1.165) is 35.3 Å². The fourth-order valence-corrected chi connectivity index (χ4v) is 3.27. The second-order valence-electron chi connectivity index (χ2n) is 5.79. The minimum absolute atomic E-state index is 0.128. The van der Waals surface area contributed by atoms with Crippen molar-refractivity contribution in [3.05, 3.63) is 60.3 Å². The quantitative estimate of drug-likeness (QED) is 0.744. The highest BCUT2D eigenvalue weighted by Gasteiger charge is 2.24. The van der Waals surface area contributed by atoms with Gasteiger partial charge >= 0.3 is 0 Å². The van der Waals surface area contributed by atoms with E-state index in [1.807, 2.05) is 58.1 Å². The summed E-state index contributed by atoms with van der Waals surface area (Å²) in [6, 6.07) is 16.1. The van der Waals surface area contributed by atoms with E-state index < -0.39 is 0 Å². The largest absolute Gasteiger partial charge is 0.497 e. The molecule has 116 valence electrons. The highest BCUT2D eigenvalue weighted by molar-refractivity contribution is 5.96. The smallest absolute Gasteiger partial charge is 0.246 e. The van der Waals surface area contributed by atoms with Crippen LogP contribution < -0.4 is 9.64 Å². The zero-order valence-corrected chi connectivity index (χ0v) is 13.0. The van der Waals surface area contributed by atoms with E-state index >= 15 is 0 Å². The van der Waals surface area contributed by atoms with Gasteiger partial charge < -0.3 is 14.2 Å². The summed E-state index contributed by atoms with van der Waals surface area (Å²) < 4.78 is 7.25. The predicted octanol–water partition coefficient (Wildman–Crippen LogP) is 3.24. The number of aromatic nitrogens is 1. The van der Waals surface area contributed by atoms with E-state index in [0.29, 0.717) is 6.54 Å². The first-order valence-electron chi connectivity index (χ1n) is 7.77. The van der Waals surface area contributed by atoms with E-state index in [1.165, 1.54) is 5.56 Å². The average molecular weight is 306 g/mol. The van der Waals surface area contributed by atoms with Gasteiger partial charge in [0.2, 0.25) is 5.91 Å². The Morgan fingerprint density at radius 3 is 2.91 bits per heavy atom. The number of carbonyl (C=O) groups is 1. The molecule has 4 heteroatoms. The second kappa shape index (κ2) is 5.47. The van der Waals surface area contributed by atoms with Crippen LogP contribution in [0.15, 0.2) is 54.7 Å². The topological polar surface area (TPSA) is 34.5 Å². The second-order valence-corrected chi connectivity index (χ2v) is 5.79. The number of rotatable bonds is 3. The number of hydrogen-bond acceptors (Lipinski definition) is 2. The van der Waals surface area contributed by atoms with Crippen LogP contribution >= 0.6 is 0 Å². The lowest BCUT2D eigenvalue weighted by atomic mass is 10.2. The molecule has 0 radical (unpaired) electrons. The van der Waals surface area contributed by atoms with Crippen molar-refractivity contribution in [2.45, 2.75) is 13.0 Å². The molecule has 0 N–H and O–H groups in total. The maximum Gasteiger partial charge on any atom is 0.246 e. The molecule has 23 heavy (non-hydrogen) atoms. The van der Waals surface area contributed by atoms with Crippen LogP contribution in [0.1, 0.15) is 5.56 Å². The Bertz CT molecular complexity index is 882. The van der Waals surface area contributed by atoms with Crippen LogP contribution in [-0.2, 0) is 17.8 Å². The number of hydrogen-bond donors (Lipinski definition) is 0. The lowest BCUT2D eigenvalue weighted by Crippen LogP contribution is -2.32. The zero-order chi connectivity index (χ0) is 15.8. The molecule has 4 rings (SSSR count). The van der Waals surface area contributed by atoms with E-state index in [1.54, 1.807) is 7.11 Å². The van der Waals surface area contributed by atoms with Gasteiger partial charge in [-0.3, -0.25) is 4.79 Å². The highest BCUT2D eigenvalue weighted by Crippen LogP contribution is 2.28. The molecule has 4 nitrogen and oxygen atoms in total. The third kappa shape index (κ3) is 2.36. The maximum absolute atomic E-state index is 12.7. The van der Waals surface area contributed by atoms with Crippen molar-refractivity contribution < 1.29 is 9.53 Å². The molecule has 0 unspecified atom stereocenters. The maximum atomic E-state index is 12.7. The van der Waals surface area contributed by atoms with Crippen LogP contribution in [0.3, 0.4) is 0 Å². The Kier molecular flexibility index (Phi) is 3.30. The van der Waals surface area contributed by atoms with Crippen LogP contribution in [-0.4, -0.2) is 24.1 Å². The minimum Gasteiger partial charge on any atom is -0.497 e. The van der Waals surface area contributed by atoms with Gasteiger partial charge in [-0.1, -0.05) is 18.2 Å². The third-order valence-corrected chi connectivity index (χ3v) is 4.47. The Labute approximate surface area is 134 Å². The molecular formula is C19H18N2O2. The molecule has 1 aliphatic heterocycles. The molecule has 2 aromatic carbocycles. The third-order valence-electron chi connectivity index (χ3n) is 4.47. The Morgan fingerprint density at radius 1 is 1.17 bits per heavy atom. The summed E-state index contributed by atoms with van der Waals surface area (Å²) in [5.74, 6) is 0.957. The van der Waals surface area contributed by atoms with Crippen molar-refractivity contribution in [3.8, 4) is 5.75 Å². The van der Waals surface area contributed by atoms with Gasteiger partial charge in [0.15, 0.2) is 0 Å². The molecule has 0 fully saturated rings. The summed E-state index contributed by atoms with van der Waals surface area (Å²) in [6.07, 6.45) is 2.90. The average Bonchev–Trinajstić information content (AvgIpc) is 3.18. The van der Waals surface area contributed by atoms with Gasteiger partial charge in [0.1, 0.15) is 12.3 Å². The minimum atomic E-state index is 0.128. The van der Waals surface area contributed by atoms with Crippen LogP contribution in [0.5, 0.6) is 5.75 Å². The van der Waals surface area contributed by atoms with E-state index in [4.69, 9.17) is 4.74 Å². The van der Waals surface area contributed by atoms with Crippen molar-refractivity contribution in [3.63, 3.8) is 0 Å². The van der Waals surface area contributed by atoms with E-state index in [2.05, 4.69) is 6.07 Å². The molecule has 3 aromatic rings. The molecule has 0 spiro atoms. The Hall–Kier alpha value is -2.75. The standard InChI is InChI=1S/C19H18N2O2/c1-23-16-6-7-17-15(12-16)8-10-20(17)13-19(22)21-11-9-14-4-2-3-5-18(14)21/h2-8,10,12H,9,11,13H2,1H3. The number of methoxy groups -OCH3 is 1. The van der Waals surface area contributed by atoms with Crippen LogP contribution in [0, 0.1) is 0 Å². The Morgan fingerprint density at radius 2 is 2.04 bits per heavy atom. The van der Waals surface area contributed by atoms with Crippen LogP contribution in [0.4, 0.5) is 5.69 Å². The fourth-order valence-electron chi connectivity index (χ4n) is 3.27. The van der Waals surface area contributed by atoms with Gasteiger partial charge in [0.05, 0.1) is 7.11 Å². The number of carbonyl (C=O) groups excluding carboxylic acids is 1. The molecular weight excluding hydrogens is 288 g/mol. The van der Waals surface area contributed by atoms with Gasteiger partial charge in [0, 0.05) is 29.3 Å². The van der Waals surface area contributed by atoms with Crippen LogP contribution in [0.2, 0.25) is 0 Å². The number of anilines is 1. The first-order chi connectivity index (χ1) is 11.3. The molecule has 1 aliphatic rings. The van der Waals surface area contributed by atoms with Crippen LogP contribution in [0.25, 0.3) is 10.9 Å². The van der Waals surface area contributed by atoms with Gasteiger partial charge in [-0.25, -0.2) is 0 Å². The van der Waals surface area contributed by atoms with Gasteiger partial charge in [-0.15, -0.1) is 0 Å². The molecule has 0 atom stereocenters. The first kappa shape index (κ1) is 13.9. The number of benzene rings is 2. The normalized spacial score (nSPS) is 13.3. The summed E-state index contributed by atoms with van der Waals surface area (Å²) >= 11 is 0. The van der Waals surface area contributed by atoms with Gasteiger partial charge in [-0.2, -0.15) is 0 Å². The lowest BCUT2D eigenvalue weighted by molar-refractivity contribution is -0.119. The molecule has 0 aliphatic carbocycles. The Balaban J connectivity index is 1.60. The highest BCUT2D eigenvalue weighted by atomic mass is 16.5. The molecule has 1 amide bonds. The summed E-state index contributed by atoms with van der Waals surface area (Å²) in [4.78, 5) is 14.6. The van der Waals surface area contributed by atoms with Crippen molar-refractivity contribution >= 4 is 22.5 Å². The SMILES string of the molecule is COc1ccc2c(ccn2CC(=O)N2CCc3ccccc32)c1. The summed E-state index contributed by atoms with van der Waals surface area (Å²) in [6.45, 7) is 1.12. The van der Waals surface area contributed by atoms with E-state index in [9.17, 15) is 4.79 Å². The van der Waals surface area contributed by atoms with Crippen molar-refractivity contribution in [1.29, 1.82) is 0 Å². The number of fused-ring (bicyclic) bond motifs is 2. The molecule has 1 aromatic heterocycles. The lowest BCUT2D eigenvalue weighted by Gasteiger charge is -2.18. The number of para-hydroxylation sites is 1. The molecule has 0 bridgehead atoms.